The van der Waals surface area contributed by atoms with E-state index in [1.54, 1.807) is 0 Å². The quantitative estimate of drug-likeness (QED) is 0.897. The van der Waals surface area contributed by atoms with E-state index in [4.69, 9.17) is 11.6 Å². The van der Waals surface area contributed by atoms with Crippen molar-refractivity contribution in [3.63, 3.8) is 0 Å². The monoisotopic (exact) mass is 336 g/mol. The van der Waals surface area contributed by atoms with Crippen LogP contribution in [0.25, 0.3) is 0 Å². The number of hydrogen-bond acceptors (Lipinski definition) is 2. The Morgan fingerprint density at radius 1 is 1.22 bits per heavy atom. The third-order valence-corrected chi connectivity index (χ3v) is 4.43. The molecule has 1 aliphatic heterocycles. The van der Waals surface area contributed by atoms with Gasteiger partial charge in [0.05, 0.1) is 0 Å². The average Bonchev–Trinajstić information content (AvgIpc) is 2.53. The average molecular weight is 337 g/mol. The molecule has 1 saturated heterocycles. The SMILES string of the molecule is CC(C)CC(=O)N1CCC(C(=O)NCc2ccc(Cl)cc2)CC1. The molecule has 0 atom stereocenters. The number of carbonyl (C=O) groups excluding carboxylic acids is 2. The van der Waals surface area contributed by atoms with E-state index in [0.29, 0.717) is 37.0 Å². The second-order valence-electron chi connectivity index (χ2n) is 6.60. The number of rotatable bonds is 5. The standard InChI is InChI=1S/C18H25ClN2O2/c1-13(2)11-17(22)21-9-7-15(8-10-21)18(23)20-12-14-3-5-16(19)6-4-14/h3-6,13,15H,7-12H2,1-2H3,(H,20,23). The molecule has 1 aromatic rings. The lowest BCUT2D eigenvalue weighted by Crippen LogP contribution is -2.43. The molecule has 0 aliphatic carbocycles. The molecule has 1 fully saturated rings. The zero-order valence-electron chi connectivity index (χ0n) is 13.8. The van der Waals surface area contributed by atoms with Gasteiger partial charge in [-0.05, 0) is 36.5 Å². The third-order valence-electron chi connectivity index (χ3n) is 4.18. The van der Waals surface area contributed by atoms with Crippen molar-refractivity contribution in [2.75, 3.05) is 13.1 Å². The zero-order valence-corrected chi connectivity index (χ0v) is 14.6. The molecule has 2 amide bonds. The summed E-state index contributed by atoms with van der Waals surface area (Å²) in [6.45, 7) is 5.99. The lowest BCUT2D eigenvalue weighted by atomic mass is 9.95. The Kier molecular flexibility index (Phi) is 6.46. The third kappa shape index (κ3) is 5.54. The molecule has 0 aromatic heterocycles. The summed E-state index contributed by atoms with van der Waals surface area (Å²) in [6.07, 6.45) is 2.08. The summed E-state index contributed by atoms with van der Waals surface area (Å²) >= 11 is 5.85. The van der Waals surface area contributed by atoms with E-state index >= 15 is 0 Å². The fourth-order valence-electron chi connectivity index (χ4n) is 2.81. The topological polar surface area (TPSA) is 49.4 Å². The molecule has 0 spiro atoms. The van der Waals surface area contributed by atoms with Crippen LogP contribution in [0, 0.1) is 11.8 Å². The van der Waals surface area contributed by atoms with Gasteiger partial charge in [-0.1, -0.05) is 37.6 Å². The van der Waals surface area contributed by atoms with Gasteiger partial charge in [-0.25, -0.2) is 0 Å². The highest BCUT2D eigenvalue weighted by molar-refractivity contribution is 6.30. The summed E-state index contributed by atoms with van der Waals surface area (Å²) < 4.78 is 0. The highest BCUT2D eigenvalue weighted by Gasteiger charge is 2.27. The predicted molar refractivity (Wildman–Crippen MR) is 92.1 cm³/mol. The number of amides is 2. The Morgan fingerprint density at radius 2 is 1.83 bits per heavy atom. The number of piperidine rings is 1. The van der Waals surface area contributed by atoms with E-state index in [-0.39, 0.29) is 17.7 Å². The smallest absolute Gasteiger partial charge is 0.223 e. The number of nitrogens with zero attached hydrogens (tertiary/aromatic N) is 1. The van der Waals surface area contributed by atoms with Crippen molar-refractivity contribution in [1.82, 2.24) is 10.2 Å². The second-order valence-corrected chi connectivity index (χ2v) is 7.03. The molecule has 1 aromatic carbocycles. The largest absolute Gasteiger partial charge is 0.352 e. The summed E-state index contributed by atoms with van der Waals surface area (Å²) in [5.74, 6) is 0.671. The second kappa shape index (κ2) is 8.34. The lowest BCUT2D eigenvalue weighted by Gasteiger charge is -2.31. The van der Waals surface area contributed by atoms with Gasteiger partial charge in [-0.15, -0.1) is 0 Å². The van der Waals surface area contributed by atoms with E-state index in [9.17, 15) is 9.59 Å². The maximum atomic E-state index is 12.3. The Balaban J connectivity index is 1.75. The summed E-state index contributed by atoms with van der Waals surface area (Å²) in [6, 6.07) is 7.47. The molecule has 0 bridgehead atoms. The Labute approximate surface area is 143 Å². The number of nitrogens with one attached hydrogen (secondary N) is 1. The first-order valence-corrected chi connectivity index (χ1v) is 8.63. The van der Waals surface area contributed by atoms with Crippen molar-refractivity contribution < 1.29 is 9.59 Å². The van der Waals surface area contributed by atoms with Crippen LogP contribution < -0.4 is 5.32 Å². The van der Waals surface area contributed by atoms with Gasteiger partial charge in [0.1, 0.15) is 0 Å². The summed E-state index contributed by atoms with van der Waals surface area (Å²) in [5, 5.41) is 3.67. The fraction of sp³-hybridized carbons (Fsp3) is 0.556. The Morgan fingerprint density at radius 3 is 2.39 bits per heavy atom. The summed E-state index contributed by atoms with van der Waals surface area (Å²) in [5.41, 5.74) is 1.03. The Hall–Kier alpha value is -1.55. The lowest BCUT2D eigenvalue weighted by molar-refractivity contribution is -0.136. The van der Waals surface area contributed by atoms with Crippen LogP contribution in [0.4, 0.5) is 0 Å². The fourth-order valence-corrected chi connectivity index (χ4v) is 2.93. The molecule has 1 N–H and O–H groups in total. The highest BCUT2D eigenvalue weighted by atomic mass is 35.5. The van der Waals surface area contributed by atoms with Crippen molar-refractivity contribution in [1.29, 1.82) is 0 Å². The molecule has 126 valence electrons. The maximum absolute atomic E-state index is 12.3. The number of likely N-dealkylation sites (tertiary alicyclic amines) is 1. The molecular formula is C18H25ClN2O2. The first-order chi connectivity index (χ1) is 11.0. The molecule has 0 radical (unpaired) electrons. The van der Waals surface area contributed by atoms with Gasteiger partial charge >= 0.3 is 0 Å². The van der Waals surface area contributed by atoms with Crippen molar-refractivity contribution in [2.24, 2.45) is 11.8 Å². The van der Waals surface area contributed by atoms with E-state index < -0.39 is 0 Å². The normalized spacial score (nSPS) is 15.7. The van der Waals surface area contributed by atoms with Crippen LogP contribution in [0.5, 0.6) is 0 Å². The van der Waals surface area contributed by atoms with Gasteiger partial charge < -0.3 is 10.2 Å². The van der Waals surface area contributed by atoms with Crippen molar-refractivity contribution >= 4 is 23.4 Å². The predicted octanol–water partition coefficient (Wildman–Crippen LogP) is 3.24. The van der Waals surface area contributed by atoms with Crippen LogP contribution in [0.3, 0.4) is 0 Å². The number of halogens is 1. The zero-order chi connectivity index (χ0) is 16.8. The van der Waals surface area contributed by atoms with Gasteiger partial charge in [0.25, 0.3) is 0 Å². The van der Waals surface area contributed by atoms with Gasteiger partial charge in [0, 0.05) is 37.0 Å². The van der Waals surface area contributed by atoms with Crippen LogP contribution in [0.2, 0.25) is 5.02 Å². The van der Waals surface area contributed by atoms with Crippen molar-refractivity contribution in [3.8, 4) is 0 Å². The highest BCUT2D eigenvalue weighted by Crippen LogP contribution is 2.19. The molecule has 1 aliphatic rings. The van der Waals surface area contributed by atoms with Crippen LogP contribution in [0.15, 0.2) is 24.3 Å². The number of benzene rings is 1. The van der Waals surface area contributed by atoms with Gasteiger partial charge in [-0.3, -0.25) is 9.59 Å². The minimum atomic E-state index is 0.00500. The first-order valence-electron chi connectivity index (χ1n) is 8.25. The van der Waals surface area contributed by atoms with Crippen LogP contribution >= 0.6 is 11.6 Å². The number of hydrogen-bond donors (Lipinski definition) is 1. The molecule has 0 saturated carbocycles. The number of carbonyl (C=O) groups is 2. The van der Waals surface area contributed by atoms with Gasteiger partial charge in [0.2, 0.25) is 11.8 Å². The maximum Gasteiger partial charge on any atom is 0.223 e. The van der Waals surface area contributed by atoms with E-state index in [1.165, 1.54) is 0 Å². The van der Waals surface area contributed by atoms with Gasteiger partial charge in [-0.2, -0.15) is 0 Å². The minimum Gasteiger partial charge on any atom is -0.352 e. The molecular weight excluding hydrogens is 312 g/mol. The van der Waals surface area contributed by atoms with Crippen LogP contribution in [-0.4, -0.2) is 29.8 Å². The van der Waals surface area contributed by atoms with E-state index in [1.807, 2.05) is 29.2 Å². The first kappa shape index (κ1) is 17.8. The molecule has 0 unspecified atom stereocenters. The van der Waals surface area contributed by atoms with Crippen LogP contribution in [-0.2, 0) is 16.1 Å². The van der Waals surface area contributed by atoms with E-state index in [2.05, 4.69) is 19.2 Å². The molecule has 5 heteroatoms. The summed E-state index contributed by atoms with van der Waals surface area (Å²) in [4.78, 5) is 26.2. The molecule has 2 rings (SSSR count). The Bertz CT molecular complexity index is 534. The minimum absolute atomic E-state index is 0.00500. The van der Waals surface area contributed by atoms with Gasteiger partial charge in [0.15, 0.2) is 0 Å². The molecule has 23 heavy (non-hydrogen) atoms. The molecule has 4 nitrogen and oxygen atoms in total. The van der Waals surface area contributed by atoms with E-state index in [0.717, 1.165) is 18.4 Å². The van der Waals surface area contributed by atoms with Crippen LogP contribution in [0.1, 0.15) is 38.7 Å². The molecule has 1 heterocycles. The summed E-state index contributed by atoms with van der Waals surface area (Å²) in [7, 11) is 0. The van der Waals surface area contributed by atoms with Crippen molar-refractivity contribution in [2.45, 2.75) is 39.7 Å². The van der Waals surface area contributed by atoms with Crippen molar-refractivity contribution in [3.05, 3.63) is 34.9 Å².